The number of rotatable bonds is 4. The van der Waals surface area contributed by atoms with Crippen LogP contribution in [0.2, 0.25) is 0 Å². The fraction of sp³-hybridized carbons (Fsp3) is 0.556. The van der Waals surface area contributed by atoms with E-state index in [1.807, 2.05) is 0 Å². The average Bonchev–Trinajstić information content (AvgIpc) is 2.17. The van der Waals surface area contributed by atoms with Crippen LogP contribution in [0.3, 0.4) is 0 Å². The Hall–Kier alpha value is -1.36. The first-order valence-electron chi connectivity index (χ1n) is 4.21. The molecule has 0 spiro atoms. The molecule has 0 unspecified atom stereocenters. The summed E-state index contributed by atoms with van der Waals surface area (Å²) in [4.78, 5) is 19.6. The van der Waals surface area contributed by atoms with Crippen molar-refractivity contribution in [3.8, 4) is 0 Å². The lowest BCUT2D eigenvalue weighted by atomic mass is 9.95. The molecule has 0 amide bonds. The van der Waals surface area contributed by atoms with Gasteiger partial charge in [-0.3, -0.25) is 4.79 Å². The van der Waals surface area contributed by atoms with Crippen molar-refractivity contribution < 1.29 is 19.8 Å². The van der Waals surface area contributed by atoms with E-state index in [2.05, 4.69) is 6.58 Å². The number of carboxylic acids is 2. The Morgan fingerprint density at radius 3 is 1.64 bits per heavy atom. The average molecular weight is 203 g/mol. The first-order chi connectivity index (χ1) is 6.33. The van der Waals surface area contributed by atoms with Gasteiger partial charge in [-0.15, -0.1) is 0 Å². The van der Waals surface area contributed by atoms with Crippen LogP contribution in [0.5, 0.6) is 0 Å². The summed E-state index contributed by atoms with van der Waals surface area (Å²) >= 11 is 0. The van der Waals surface area contributed by atoms with Crippen LogP contribution in [0.15, 0.2) is 12.7 Å². The molecule has 0 aliphatic heterocycles. The van der Waals surface area contributed by atoms with Crippen molar-refractivity contribution in [3.63, 3.8) is 0 Å². The Kier molecular flexibility index (Phi) is 7.65. The van der Waals surface area contributed by atoms with Crippen LogP contribution < -0.4 is 5.73 Å². The first-order valence-corrected chi connectivity index (χ1v) is 4.21. The summed E-state index contributed by atoms with van der Waals surface area (Å²) in [6, 6.07) is 0. The van der Waals surface area contributed by atoms with Gasteiger partial charge in [-0.1, -0.05) is 20.4 Å². The van der Waals surface area contributed by atoms with Crippen LogP contribution in [0.1, 0.15) is 26.7 Å². The van der Waals surface area contributed by atoms with Gasteiger partial charge < -0.3 is 15.9 Å². The lowest BCUT2D eigenvalue weighted by molar-refractivity contribution is -0.143. The van der Waals surface area contributed by atoms with E-state index in [0.29, 0.717) is 12.8 Å². The molecule has 0 aliphatic rings. The maximum Gasteiger partial charge on any atom is 0.327 e. The fourth-order valence-corrected chi connectivity index (χ4v) is 0.552. The zero-order chi connectivity index (χ0) is 11.8. The van der Waals surface area contributed by atoms with E-state index in [9.17, 15) is 9.59 Å². The number of carbonyl (C=O) groups is 2. The summed E-state index contributed by atoms with van der Waals surface area (Å²) < 4.78 is 0. The highest BCUT2D eigenvalue weighted by Crippen LogP contribution is 2.10. The Balaban J connectivity index is 0. The third-order valence-corrected chi connectivity index (χ3v) is 1.86. The highest BCUT2D eigenvalue weighted by molar-refractivity contribution is 5.79. The normalized spacial score (nSPS) is 9.64. The fourth-order valence-electron chi connectivity index (χ4n) is 0.552. The van der Waals surface area contributed by atoms with Crippen LogP contribution in [-0.2, 0) is 9.59 Å². The van der Waals surface area contributed by atoms with E-state index < -0.39 is 17.5 Å². The van der Waals surface area contributed by atoms with E-state index in [1.54, 1.807) is 13.8 Å². The van der Waals surface area contributed by atoms with Gasteiger partial charge in [0.15, 0.2) is 0 Å². The summed E-state index contributed by atoms with van der Waals surface area (Å²) in [6.45, 7) is 6.51. The van der Waals surface area contributed by atoms with Crippen LogP contribution in [0.4, 0.5) is 0 Å². The number of nitrogens with two attached hydrogens (primary N) is 1. The van der Waals surface area contributed by atoms with E-state index in [4.69, 9.17) is 15.9 Å². The summed E-state index contributed by atoms with van der Waals surface area (Å²) in [5.74, 6) is -1.89. The van der Waals surface area contributed by atoms with Gasteiger partial charge in [0.05, 0.1) is 0 Å². The van der Waals surface area contributed by atoms with E-state index in [1.165, 1.54) is 0 Å². The molecule has 0 aromatic carbocycles. The lowest BCUT2D eigenvalue weighted by Gasteiger charge is -2.19. The van der Waals surface area contributed by atoms with Gasteiger partial charge in [-0.2, -0.15) is 0 Å². The second-order valence-corrected chi connectivity index (χ2v) is 2.71. The Bertz CT molecular complexity index is 209. The molecule has 14 heavy (non-hydrogen) atoms. The lowest BCUT2D eigenvalue weighted by Crippen LogP contribution is -2.46. The van der Waals surface area contributed by atoms with E-state index in [-0.39, 0.29) is 0 Å². The molecule has 0 heterocycles. The van der Waals surface area contributed by atoms with Gasteiger partial charge in [-0.25, -0.2) is 4.79 Å². The number of aliphatic carboxylic acids is 2. The molecule has 0 aliphatic carbocycles. The zero-order valence-electron chi connectivity index (χ0n) is 8.49. The van der Waals surface area contributed by atoms with Crippen LogP contribution in [0.25, 0.3) is 0 Å². The molecule has 0 atom stereocenters. The smallest absolute Gasteiger partial charge is 0.327 e. The second kappa shape index (κ2) is 7.08. The standard InChI is InChI=1S/C6H13NO2.C3H4O2/c1-3-6(7,4-2)5(8)9;1-2-3(4)5/h3-4,7H2,1-2H3,(H,8,9);2H,1H2,(H,4,5). The molecule has 0 aromatic rings. The van der Waals surface area contributed by atoms with E-state index >= 15 is 0 Å². The minimum absolute atomic E-state index is 0.485. The highest BCUT2D eigenvalue weighted by Gasteiger charge is 2.28. The molecule has 0 radical (unpaired) electrons. The Morgan fingerprint density at radius 2 is 1.64 bits per heavy atom. The maximum absolute atomic E-state index is 10.4. The zero-order valence-corrected chi connectivity index (χ0v) is 8.49. The molecule has 0 bridgehead atoms. The van der Waals surface area contributed by atoms with Crippen molar-refractivity contribution in [3.05, 3.63) is 12.7 Å². The molecule has 0 rings (SSSR count). The van der Waals surface area contributed by atoms with Crippen molar-refractivity contribution in [1.82, 2.24) is 0 Å². The van der Waals surface area contributed by atoms with Crippen LogP contribution >= 0.6 is 0 Å². The quantitative estimate of drug-likeness (QED) is 0.588. The van der Waals surface area contributed by atoms with Gasteiger partial charge in [0, 0.05) is 6.08 Å². The first kappa shape index (κ1) is 15.1. The minimum Gasteiger partial charge on any atom is -0.480 e. The molecule has 0 fully saturated rings. The SMILES string of the molecule is C=CC(=O)O.CCC(N)(CC)C(=O)O. The minimum atomic E-state index is -1.00. The highest BCUT2D eigenvalue weighted by atomic mass is 16.4. The topological polar surface area (TPSA) is 101 Å². The van der Waals surface area contributed by atoms with Crippen molar-refractivity contribution in [2.45, 2.75) is 32.2 Å². The Morgan fingerprint density at radius 1 is 1.36 bits per heavy atom. The monoisotopic (exact) mass is 203 g/mol. The van der Waals surface area contributed by atoms with Crippen LogP contribution in [-0.4, -0.2) is 27.7 Å². The summed E-state index contributed by atoms with van der Waals surface area (Å²) in [7, 11) is 0. The van der Waals surface area contributed by atoms with Crippen LogP contribution in [0, 0.1) is 0 Å². The van der Waals surface area contributed by atoms with Crippen molar-refractivity contribution in [2.24, 2.45) is 5.73 Å². The Labute approximate surface area is 83.2 Å². The molecule has 0 saturated carbocycles. The molecule has 0 saturated heterocycles. The predicted molar refractivity (Wildman–Crippen MR) is 53.0 cm³/mol. The second-order valence-electron chi connectivity index (χ2n) is 2.71. The van der Waals surface area contributed by atoms with Crippen molar-refractivity contribution >= 4 is 11.9 Å². The molecule has 5 nitrogen and oxygen atoms in total. The third kappa shape index (κ3) is 6.19. The maximum atomic E-state index is 10.4. The van der Waals surface area contributed by atoms with E-state index in [0.717, 1.165) is 6.08 Å². The number of carboxylic acid groups (broad SMARTS) is 2. The summed E-state index contributed by atoms with van der Waals surface area (Å²) in [5, 5.41) is 16.1. The number of hydrogen-bond acceptors (Lipinski definition) is 3. The molecule has 82 valence electrons. The largest absolute Gasteiger partial charge is 0.480 e. The molecule has 0 aromatic heterocycles. The van der Waals surface area contributed by atoms with Gasteiger partial charge in [0.1, 0.15) is 5.54 Å². The van der Waals surface area contributed by atoms with Gasteiger partial charge >= 0.3 is 11.9 Å². The summed E-state index contributed by atoms with van der Waals surface area (Å²) in [5.41, 5.74) is 4.44. The van der Waals surface area contributed by atoms with Crippen molar-refractivity contribution in [1.29, 1.82) is 0 Å². The molecular formula is C9H17NO4. The molecular weight excluding hydrogens is 186 g/mol. The molecule has 4 N–H and O–H groups in total. The van der Waals surface area contributed by atoms with Gasteiger partial charge in [-0.05, 0) is 12.8 Å². The third-order valence-electron chi connectivity index (χ3n) is 1.86. The summed E-state index contributed by atoms with van der Waals surface area (Å²) in [6.07, 6.45) is 1.80. The van der Waals surface area contributed by atoms with Gasteiger partial charge in [0.25, 0.3) is 0 Å². The molecule has 5 heteroatoms. The number of hydrogen-bond donors (Lipinski definition) is 3. The predicted octanol–water partition coefficient (Wildman–Crippen LogP) is 0.845. The van der Waals surface area contributed by atoms with Crippen molar-refractivity contribution in [2.75, 3.05) is 0 Å². The van der Waals surface area contributed by atoms with Gasteiger partial charge in [0.2, 0.25) is 0 Å².